The minimum atomic E-state index is -0.0463. The zero-order valence-corrected chi connectivity index (χ0v) is 14.7. The molecule has 3 rings (SSSR count). The van der Waals surface area contributed by atoms with E-state index in [-0.39, 0.29) is 6.10 Å². The molecule has 0 saturated carbocycles. The number of rotatable bonds is 6. The summed E-state index contributed by atoms with van der Waals surface area (Å²) in [6.07, 6.45) is 3.72. The molecule has 7 heteroatoms. The number of nitrogens with zero attached hydrogens (tertiary/aromatic N) is 3. The van der Waals surface area contributed by atoms with Crippen molar-refractivity contribution < 1.29 is 9.47 Å². The van der Waals surface area contributed by atoms with Crippen molar-refractivity contribution in [2.75, 3.05) is 26.7 Å². The lowest BCUT2D eigenvalue weighted by atomic mass is 10.2. The van der Waals surface area contributed by atoms with Gasteiger partial charge in [-0.3, -0.25) is 9.67 Å². The van der Waals surface area contributed by atoms with Crippen molar-refractivity contribution in [2.24, 2.45) is 10.9 Å². The number of guanidine groups is 1. The molecule has 2 N–H and O–H groups in total. The maximum Gasteiger partial charge on any atom is 0.191 e. The number of ether oxygens (including phenoxy) is 2. The molecule has 2 atom stereocenters. The summed E-state index contributed by atoms with van der Waals surface area (Å²) in [6.45, 7) is 5.01. The predicted molar refractivity (Wildman–Crippen MR) is 97.1 cm³/mol. The minimum absolute atomic E-state index is 0.0463. The first-order chi connectivity index (χ1) is 12.2. The summed E-state index contributed by atoms with van der Waals surface area (Å²) in [4.78, 5) is 4.26. The highest BCUT2D eigenvalue weighted by Crippen LogP contribution is 2.30. The molecule has 0 fully saturated rings. The molecule has 1 aliphatic rings. The van der Waals surface area contributed by atoms with Crippen LogP contribution < -0.4 is 20.1 Å². The molecule has 1 aliphatic heterocycles. The Kier molecular flexibility index (Phi) is 5.77. The number of para-hydroxylation sites is 2. The summed E-state index contributed by atoms with van der Waals surface area (Å²) in [5.74, 6) is 2.78. The monoisotopic (exact) mass is 343 g/mol. The SMILES string of the molecule is CN=C(NCC(C)Cn1cccn1)NCC1COc2ccccc2O1. The van der Waals surface area contributed by atoms with E-state index >= 15 is 0 Å². The Balaban J connectivity index is 1.41. The molecule has 0 spiro atoms. The van der Waals surface area contributed by atoms with Crippen LogP contribution in [0.5, 0.6) is 11.5 Å². The van der Waals surface area contributed by atoms with Gasteiger partial charge in [0.1, 0.15) is 12.7 Å². The van der Waals surface area contributed by atoms with Crippen LogP contribution in [0.3, 0.4) is 0 Å². The quantitative estimate of drug-likeness (QED) is 0.615. The van der Waals surface area contributed by atoms with E-state index in [1.54, 1.807) is 13.2 Å². The van der Waals surface area contributed by atoms with E-state index in [1.807, 2.05) is 41.2 Å². The maximum atomic E-state index is 5.94. The third-order valence-corrected chi connectivity index (χ3v) is 3.96. The van der Waals surface area contributed by atoms with Crippen molar-refractivity contribution in [1.82, 2.24) is 20.4 Å². The zero-order valence-electron chi connectivity index (χ0n) is 14.7. The van der Waals surface area contributed by atoms with Crippen molar-refractivity contribution in [3.05, 3.63) is 42.7 Å². The molecule has 0 saturated heterocycles. The number of benzene rings is 1. The number of hydrogen-bond acceptors (Lipinski definition) is 4. The average Bonchev–Trinajstić information content (AvgIpc) is 3.14. The Morgan fingerprint density at radius 2 is 2.16 bits per heavy atom. The lowest BCUT2D eigenvalue weighted by molar-refractivity contribution is 0.0936. The standard InChI is InChI=1S/C18H25N5O2/c1-14(12-23-9-5-8-22-23)10-20-18(19-2)21-11-15-13-24-16-6-3-4-7-17(16)25-15/h3-9,14-15H,10-13H2,1-2H3,(H2,19,20,21). The minimum Gasteiger partial charge on any atom is -0.486 e. The Morgan fingerprint density at radius 3 is 2.92 bits per heavy atom. The van der Waals surface area contributed by atoms with Crippen molar-refractivity contribution in [2.45, 2.75) is 19.6 Å². The Hall–Kier alpha value is -2.70. The van der Waals surface area contributed by atoms with Crippen molar-refractivity contribution in [3.8, 4) is 11.5 Å². The van der Waals surface area contributed by atoms with Gasteiger partial charge in [0.2, 0.25) is 0 Å². The number of nitrogens with one attached hydrogen (secondary N) is 2. The van der Waals surface area contributed by atoms with Crippen LogP contribution in [0, 0.1) is 5.92 Å². The molecule has 0 radical (unpaired) electrons. The van der Waals surface area contributed by atoms with E-state index < -0.39 is 0 Å². The molecule has 1 aromatic heterocycles. The van der Waals surface area contributed by atoms with Crippen molar-refractivity contribution >= 4 is 5.96 Å². The van der Waals surface area contributed by atoms with Gasteiger partial charge in [0.05, 0.1) is 6.54 Å². The molecule has 0 bridgehead atoms. The van der Waals surface area contributed by atoms with Gasteiger partial charge in [-0.25, -0.2) is 0 Å². The molecule has 25 heavy (non-hydrogen) atoms. The van der Waals surface area contributed by atoms with Gasteiger partial charge in [0.15, 0.2) is 17.5 Å². The highest BCUT2D eigenvalue weighted by atomic mass is 16.6. The van der Waals surface area contributed by atoms with E-state index in [0.717, 1.165) is 30.5 Å². The molecule has 134 valence electrons. The zero-order chi connectivity index (χ0) is 17.5. The number of hydrogen-bond donors (Lipinski definition) is 2. The Labute approximate surface area is 148 Å². The second-order valence-corrected chi connectivity index (χ2v) is 6.16. The average molecular weight is 343 g/mol. The van der Waals surface area contributed by atoms with Gasteiger partial charge in [0.25, 0.3) is 0 Å². The molecular weight excluding hydrogens is 318 g/mol. The van der Waals surface area contributed by atoms with Crippen molar-refractivity contribution in [3.63, 3.8) is 0 Å². The van der Waals surface area contributed by atoms with Crippen LogP contribution in [-0.2, 0) is 6.54 Å². The molecular formula is C18H25N5O2. The van der Waals surface area contributed by atoms with Crippen LogP contribution >= 0.6 is 0 Å². The fourth-order valence-corrected chi connectivity index (χ4v) is 2.66. The molecule has 2 unspecified atom stereocenters. The van der Waals surface area contributed by atoms with Gasteiger partial charge in [-0.15, -0.1) is 0 Å². The summed E-state index contributed by atoms with van der Waals surface area (Å²) in [6, 6.07) is 9.66. The Morgan fingerprint density at radius 1 is 1.32 bits per heavy atom. The molecule has 1 aromatic carbocycles. The van der Waals surface area contributed by atoms with Crippen LogP contribution in [0.15, 0.2) is 47.7 Å². The summed E-state index contributed by atoms with van der Waals surface area (Å²) in [5.41, 5.74) is 0. The lowest BCUT2D eigenvalue weighted by Crippen LogP contribution is -2.46. The summed E-state index contributed by atoms with van der Waals surface area (Å²) in [5, 5.41) is 10.9. The van der Waals surface area contributed by atoms with Crippen LogP contribution in [0.4, 0.5) is 0 Å². The Bertz CT molecular complexity index is 687. The smallest absolute Gasteiger partial charge is 0.191 e. The number of aromatic nitrogens is 2. The molecule has 2 heterocycles. The second kappa shape index (κ2) is 8.41. The van der Waals surface area contributed by atoms with Crippen LogP contribution in [0.1, 0.15) is 6.92 Å². The predicted octanol–water partition coefficient (Wildman–Crippen LogP) is 1.52. The van der Waals surface area contributed by atoms with Crippen LogP contribution in [0.25, 0.3) is 0 Å². The van der Waals surface area contributed by atoms with Crippen LogP contribution in [0.2, 0.25) is 0 Å². The van der Waals surface area contributed by atoms with E-state index in [4.69, 9.17) is 9.47 Å². The normalized spacial score (nSPS) is 17.8. The van der Waals surface area contributed by atoms with E-state index in [2.05, 4.69) is 27.6 Å². The first kappa shape index (κ1) is 17.1. The molecule has 7 nitrogen and oxygen atoms in total. The fraction of sp³-hybridized carbons (Fsp3) is 0.444. The van der Waals surface area contributed by atoms with Gasteiger partial charge in [0, 0.05) is 32.5 Å². The molecule has 2 aromatic rings. The highest BCUT2D eigenvalue weighted by molar-refractivity contribution is 5.79. The van der Waals surface area contributed by atoms with E-state index in [9.17, 15) is 0 Å². The highest BCUT2D eigenvalue weighted by Gasteiger charge is 2.20. The first-order valence-corrected chi connectivity index (χ1v) is 8.55. The van der Waals surface area contributed by atoms with Gasteiger partial charge < -0.3 is 20.1 Å². The van der Waals surface area contributed by atoms with E-state index in [1.165, 1.54) is 0 Å². The fourth-order valence-electron chi connectivity index (χ4n) is 2.66. The topological polar surface area (TPSA) is 72.7 Å². The first-order valence-electron chi connectivity index (χ1n) is 8.55. The largest absolute Gasteiger partial charge is 0.486 e. The van der Waals surface area contributed by atoms with Crippen molar-refractivity contribution in [1.29, 1.82) is 0 Å². The third-order valence-electron chi connectivity index (χ3n) is 3.96. The summed E-state index contributed by atoms with van der Waals surface area (Å²) in [7, 11) is 1.76. The summed E-state index contributed by atoms with van der Waals surface area (Å²) < 4.78 is 13.6. The second-order valence-electron chi connectivity index (χ2n) is 6.16. The van der Waals surface area contributed by atoms with Gasteiger partial charge in [-0.05, 0) is 24.1 Å². The number of fused-ring (bicyclic) bond motifs is 1. The number of aliphatic imine (C=N–C) groups is 1. The molecule has 0 aliphatic carbocycles. The van der Waals surface area contributed by atoms with Gasteiger partial charge >= 0.3 is 0 Å². The maximum absolute atomic E-state index is 5.94. The van der Waals surface area contributed by atoms with Gasteiger partial charge in [-0.1, -0.05) is 19.1 Å². The third kappa shape index (κ3) is 4.89. The van der Waals surface area contributed by atoms with Gasteiger partial charge in [-0.2, -0.15) is 5.10 Å². The van der Waals surface area contributed by atoms with E-state index in [0.29, 0.717) is 19.1 Å². The van der Waals surface area contributed by atoms with Crippen LogP contribution in [-0.4, -0.2) is 48.6 Å². The summed E-state index contributed by atoms with van der Waals surface area (Å²) >= 11 is 0. The molecule has 0 amide bonds. The lowest BCUT2D eigenvalue weighted by Gasteiger charge is -2.27.